The van der Waals surface area contributed by atoms with Crippen molar-refractivity contribution in [3.8, 4) is 17.2 Å². The molecule has 80 valence electrons. The fourth-order valence-corrected chi connectivity index (χ4v) is 1.80. The van der Waals surface area contributed by atoms with Crippen LogP contribution >= 0.6 is 0 Å². The van der Waals surface area contributed by atoms with Crippen LogP contribution in [0.2, 0.25) is 0 Å². The molecule has 0 amide bonds. The van der Waals surface area contributed by atoms with Gasteiger partial charge in [-0.2, -0.15) is 5.26 Å². The molecule has 0 aliphatic rings. The van der Waals surface area contributed by atoms with E-state index in [-0.39, 0.29) is 0 Å². The zero-order valence-electron chi connectivity index (χ0n) is 9.32. The largest absolute Gasteiger partial charge is 0.361 e. The Bertz CT molecular complexity index is 549. The number of hydrogen-bond acceptors (Lipinski definition) is 3. The van der Waals surface area contributed by atoms with Gasteiger partial charge in [-0.05, 0) is 19.4 Å². The molecule has 3 nitrogen and oxygen atoms in total. The number of benzene rings is 1. The van der Waals surface area contributed by atoms with Crippen molar-refractivity contribution >= 4 is 0 Å². The van der Waals surface area contributed by atoms with Gasteiger partial charge in [0, 0.05) is 11.1 Å². The summed E-state index contributed by atoms with van der Waals surface area (Å²) in [6, 6.07) is 9.70. The number of nitrogens with zero attached hydrogens (tertiary/aromatic N) is 2. The molecule has 0 saturated heterocycles. The van der Waals surface area contributed by atoms with E-state index < -0.39 is 0 Å². The molecule has 0 aliphatic heterocycles. The predicted octanol–water partition coefficient (Wildman–Crippen LogP) is 3.08. The van der Waals surface area contributed by atoms with Crippen LogP contribution in [-0.4, -0.2) is 5.16 Å². The molecule has 0 bridgehead atoms. The number of nitriles is 1. The molecule has 0 atom stereocenters. The minimum atomic E-state index is 0.656. The van der Waals surface area contributed by atoms with E-state index in [9.17, 15) is 0 Å². The summed E-state index contributed by atoms with van der Waals surface area (Å²) in [5, 5.41) is 13.1. The zero-order valence-corrected chi connectivity index (χ0v) is 9.32. The second-order valence-electron chi connectivity index (χ2n) is 3.57. The molecule has 0 saturated carbocycles. The van der Waals surface area contributed by atoms with Gasteiger partial charge in [-0.3, -0.25) is 0 Å². The molecule has 1 aromatic carbocycles. The topological polar surface area (TPSA) is 49.8 Å². The smallest absolute Gasteiger partial charge is 0.141 e. The van der Waals surface area contributed by atoms with Crippen LogP contribution in [0.4, 0.5) is 0 Å². The molecular weight excluding hydrogens is 200 g/mol. The van der Waals surface area contributed by atoms with E-state index in [4.69, 9.17) is 9.78 Å². The maximum Gasteiger partial charge on any atom is 0.141 e. The van der Waals surface area contributed by atoms with Gasteiger partial charge in [0.15, 0.2) is 0 Å². The summed E-state index contributed by atoms with van der Waals surface area (Å²) in [4.78, 5) is 0. The molecule has 1 heterocycles. The highest BCUT2D eigenvalue weighted by molar-refractivity contribution is 5.73. The Morgan fingerprint density at radius 2 is 2.12 bits per heavy atom. The molecule has 0 unspecified atom stereocenters. The first-order valence-electron chi connectivity index (χ1n) is 5.22. The minimum absolute atomic E-state index is 0.656. The Hall–Kier alpha value is -2.08. The Balaban J connectivity index is 2.67. The third kappa shape index (κ3) is 1.59. The van der Waals surface area contributed by atoms with Gasteiger partial charge < -0.3 is 4.52 Å². The quantitative estimate of drug-likeness (QED) is 0.768. The summed E-state index contributed by atoms with van der Waals surface area (Å²) in [5.41, 5.74) is 3.42. The molecule has 0 radical (unpaired) electrons. The van der Waals surface area contributed by atoms with Gasteiger partial charge in [0.2, 0.25) is 0 Å². The Labute approximate surface area is 94.3 Å². The fourth-order valence-electron chi connectivity index (χ4n) is 1.80. The van der Waals surface area contributed by atoms with Crippen LogP contribution in [0.5, 0.6) is 0 Å². The van der Waals surface area contributed by atoms with Crippen LogP contribution < -0.4 is 0 Å². The van der Waals surface area contributed by atoms with Crippen LogP contribution in [0.1, 0.15) is 23.9 Å². The lowest BCUT2D eigenvalue weighted by molar-refractivity contribution is 0.391. The predicted molar refractivity (Wildman–Crippen MR) is 60.8 cm³/mol. The van der Waals surface area contributed by atoms with Gasteiger partial charge in [0.1, 0.15) is 5.76 Å². The number of aromatic nitrogens is 1. The van der Waals surface area contributed by atoms with Gasteiger partial charge in [-0.1, -0.05) is 30.3 Å². The Morgan fingerprint density at radius 1 is 1.38 bits per heavy atom. The van der Waals surface area contributed by atoms with Crippen LogP contribution in [-0.2, 0) is 6.42 Å². The van der Waals surface area contributed by atoms with Gasteiger partial charge in [-0.15, -0.1) is 0 Å². The standard InChI is InChI=1S/C13H12N2O/c1-3-12-13(9(2)16-15-12)11-7-5-4-6-10(11)8-14/h4-7H,3H2,1-2H3. The maximum atomic E-state index is 9.07. The van der Waals surface area contributed by atoms with Crippen molar-refractivity contribution in [1.82, 2.24) is 5.16 Å². The van der Waals surface area contributed by atoms with Crippen LogP contribution in [0.3, 0.4) is 0 Å². The highest BCUT2D eigenvalue weighted by atomic mass is 16.5. The van der Waals surface area contributed by atoms with E-state index in [1.54, 1.807) is 6.07 Å². The monoisotopic (exact) mass is 212 g/mol. The molecule has 1 aromatic heterocycles. The highest BCUT2D eigenvalue weighted by Gasteiger charge is 2.15. The third-order valence-electron chi connectivity index (χ3n) is 2.59. The first-order chi connectivity index (χ1) is 7.77. The van der Waals surface area contributed by atoms with Gasteiger partial charge in [-0.25, -0.2) is 0 Å². The van der Waals surface area contributed by atoms with Crippen molar-refractivity contribution in [1.29, 1.82) is 5.26 Å². The first kappa shape index (κ1) is 10.4. The van der Waals surface area contributed by atoms with Gasteiger partial charge in [0.05, 0.1) is 17.3 Å². The molecule has 0 fully saturated rings. The highest BCUT2D eigenvalue weighted by Crippen LogP contribution is 2.29. The summed E-state index contributed by atoms with van der Waals surface area (Å²) in [6.07, 6.45) is 0.798. The second kappa shape index (κ2) is 4.19. The van der Waals surface area contributed by atoms with E-state index >= 15 is 0 Å². The lowest BCUT2D eigenvalue weighted by atomic mass is 9.98. The van der Waals surface area contributed by atoms with Gasteiger partial charge in [0.25, 0.3) is 0 Å². The van der Waals surface area contributed by atoms with Crippen molar-refractivity contribution in [3.05, 3.63) is 41.3 Å². The van der Waals surface area contributed by atoms with Crippen molar-refractivity contribution in [2.75, 3.05) is 0 Å². The van der Waals surface area contributed by atoms with E-state index in [1.807, 2.05) is 32.0 Å². The summed E-state index contributed by atoms with van der Waals surface area (Å²) < 4.78 is 5.18. The Morgan fingerprint density at radius 3 is 2.81 bits per heavy atom. The summed E-state index contributed by atoms with van der Waals surface area (Å²) in [6.45, 7) is 3.89. The summed E-state index contributed by atoms with van der Waals surface area (Å²) in [7, 11) is 0. The number of hydrogen-bond donors (Lipinski definition) is 0. The molecule has 0 spiro atoms. The normalized spacial score (nSPS) is 10.1. The molecular formula is C13H12N2O. The average Bonchev–Trinajstić information content (AvgIpc) is 2.70. The van der Waals surface area contributed by atoms with Crippen molar-refractivity contribution in [2.24, 2.45) is 0 Å². The van der Waals surface area contributed by atoms with E-state index in [2.05, 4.69) is 11.2 Å². The van der Waals surface area contributed by atoms with Crippen molar-refractivity contribution in [3.63, 3.8) is 0 Å². The molecule has 2 rings (SSSR count). The van der Waals surface area contributed by atoms with Crippen LogP contribution in [0, 0.1) is 18.3 Å². The van der Waals surface area contributed by atoms with Crippen LogP contribution in [0.25, 0.3) is 11.1 Å². The van der Waals surface area contributed by atoms with Crippen molar-refractivity contribution < 1.29 is 4.52 Å². The van der Waals surface area contributed by atoms with Crippen LogP contribution in [0.15, 0.2) is 28.8 Å². The molecule has 0 aliphatic carbocycles. The maximum absolute atomic E-state index is 9.07. The van der Waals surface area contributed by atoms with E-state index in [0.717, 1.165) is 29.0 Å². The summed E-state index contributed by atoms with van der Waals surface area (Å²) in [5.74, 6) is 0.763. The number of aryl methyl sites for hydroxylation is 2. The van der Waals surface area contributed by atoms with E-state index in [1.165, 1.54) is 0 Å². The first-order valence-corrected chi connectivity index (χ1v) is 5.22. The lowest BCUT2D eigenvalue weighted by Crippen LogP contribution is -1.89. The summed E-state index contributed by atoms with van der Waals surface area (Å²) >= 11 is 0. The van der Waals surface area contributed by atoms with Crippen molar-refractivity contribution in [2.45, 2.75) is 20.3 Å². The number of rotatable bonds is 2. The van der Waals surface area contributed by atoms with Gasteiger partial charge >= 0.3 is 0 Å². The SMILES string of the molecule is CCc1noc(C)c1-c1ccccc1C#N. The average molecular weight is 212 g/mol. The second-order valence-corrected chi connectivity index (χ2v) is 3.57. The Kier molecular flexibility index (Phi) is 2.74. The molecule has 0 N–H and O–H groups in total. The lowest BCUT2D eigenvalue weighted by Gasteiger charge is -2.03. The zero-order chi connectivity index (χ0) is 11.5. The third-order valence-corrected chi connectivity index (χ3v) is 2.59. The molecule has 16 heavy (non-hydrogen) atoms. The fraction of sp³-hybridized carbons (Fsp3) is 0.231. The molecule has 3 heteroatoms. The minimum Gasteiger partial charge on any atom is -0.361 e. The van der Waals surface area contributed by atoms with E-state index in [0.29, 0.717) is 5.56 Å². The molecule has 2 aromatic rings.